The molecule has 54 valence electrons. The number of hydrogen-bond donors (Lipinski definition) is 1. The van der Waals surface area contributed by atoms with Gasteiger partial charge in [0.1, 0.15) is 0 Å². The highest BCUT2D eigenvalue weighted by Gasteiger charge is 2.33. The van der Waals surface area contributed by atoms with Crippen LogP contribution >= 0.6 is 0 Å². The second kappa shape index (κ2) is 2.19. The lowest BCUT2D eigenvalue weighted by Crippen LogP contribution is -2.37. The molecule has 2 nitrogen and oxygen atoms in total. The van der Waals surface area contributed by atoms with Gasteiger partial charge < -0.3 is 5.21 Å². The van der Waals surface area contributed by atoms with Gasteiger partial charge in [0.2, 0.25) is 0 Å². The third-order valence-electron chi connectivity index (χ3n) is 1.47. The van der Waals surface area contributed by atoms with Gasteiger partial charge in [-0.15, -0.1) is 0 Å². The van der Waals surface area contributed by atoms with Crippen LogP contribution in [-0.4, -0.2) is 29.3 Å². The molecular formula is C5H9F2NO. The molecule has 0 radical (unpaired) electrons. The van der Waals surface area contributed by atoms with Gasteiger partial charge in [0.15, 0.2) is 0 Å². The predicted molar refractivity (Wildman–Crippen MR) is 27.5 cm³/mol. The smallest absolute Gasteiger partial charge is 0.250 e. The van der Waals surface area contributed by atoms with Crippen molar-refractivity contribution >= 4 is 0 Å². The summed E-state index contributed by atoms with van der Waals surface area (Å²) < 4.78 is 24.5. The van der Waals surface area contributed by atoms with Gasteiger partial charge in [-0.1, -0.05) is 0 Å². The summed E-state index contributed by atoms with van der Waals surface area (Å²) in [4.78, 5) is 0. The lowest BCUT2D eigenvalue weighted by molar-refractivity contribution is -0.159. The molecular weight excluding hydrogens is 128 g/mol. The highest BCUT2D eigenvalue weighted by atomic mass is 19.3. The van der Waals surface area contributed by atoms with Gasteiger partial charge in [-0.05, 0) is 0 Å². The number of hydroxylamine groups is 2. The molecule has 0 amide bonds. The molecule has 0 atom stereocenters. The van der Waals surface area contributed by atoms with Crippen LogP contribution in [0.2, 0.25) is 0 Å². The quantitative estimate of drug-likeness (QED) is 0.540. The molecule has 0 aliphatic carbocycles. The number of piperidine rings is 1. The number of alkyl halides is 2. The molecule has 0 aromatic rings. The summed E-state index contributed by atoms with van der Waals surface area (Å²) in [6, 6.07) is 0. The van der Waals surface area contributed by atoms with Gasteiger partial charge in [-0.3, -0.25) is 0 Å². The first kappa shape index (κ1) is 6.89. The molecule has 9 heavy (non-hydrogen) atoms. The molecule has 0 spiro atoms. The van der Waals surface area contributed by atoms with Gasteiger partial charge >= 0.3 is 0 Å². The molecule has 0 bridgehead atoms. The maximum absolute atomic E-state index is 12.2. The van der Waals surface area contributed by atoms with Crippen molar-refractivity contribution in [2.24, 2.45) is 0 Å². The summed E-state index contributed by atoms with van der Waals surface area (Å²) in [6.07, 6.45) is -0.438. The number of nitrogens with zero attached hydrogens (tertiary/aromatic N) is 1. The molecule has 1 heterocycles. The van der Waals surface area contributed by atoms with Crippen molar-refractivity contribution in [3.63, 3.8) is 0 Å². The molecule has 4 heteroatoms. The van der Waals surface area contributed by atoms with Crippen molar-refractivity contribution < 1.29 is 14.0 Å². The first-order valence-electron chi connectivity index (χ1n) is 2.92. The molecule has 0 aromatic carbocycles. The van der Waals surface area contributed by atoms with E-state index in [2.05, 4.69) is 0 Å². The van der Waals surface area contributed by atoms with E-state index >= 15 is 0 Å². The van der Waals surface area contributed by atoms with E-state index in [0.717, 1.165) is 5.06 Å². The Hall–Kier alpha value is -0.220. The van der Waals surface area contributed by atoms with Crippen molar-refractivity contribution in [1.29, 1.82) is 0 Å². The number of rotatable bonds is 0. The molecule has 0 aromatic heterocycles. The second-order valence-electron chi connectivity index (χ2n) is 2.31. The van der Waals surface area contributed by atoms with Gasteiger partial charge in [-0.25, -0.2) is 8.78 Å². The maximum atomic E-state index is 12.2. The Balaban J connectivity index is 2.35. The third-order valence-corrected chi connectivity index (χ3v) is 1.47. The fraction of sp³-hybridized carbons (Fsp3) is 1.00. The molecule has 1 aliphatic rings. The van der Waals surface area contributed by atoms with Crippen molar-refractivity contribution in [3.8, 4) is 0 Å². The van der Waals surface area contributed by atoms with Gasteiger partial charge in [0, 0.05) is 25.9 Å². The highest BCUT2D eigenvalue weighted by Crippen LogP contribution is 2.26. The first-order valence-corrected chi connectivity index (χ1v) is 2.92. The molecule has 0 saturated carbocycles. The Labute approximate surface area is 52.0 Å². The molecule has 1 fully saturated rings. The molecule has 0 unspecified atom stereocenters. The molecule has 1 aliphatic heterocycles. The minimum atomic E-state index is -2.54. The van der Waals surface area contributed by atoms with Crippen LogP contribution in [0.4, 0.5) is 8.78 Å². The zero-order chi connectivity index (χ0) is 6.91. The van der Waals surface area contributed by atoms with Crippen LogP contribution < -0.4 is 0 Å². The van der Waals surface area contributed by atoms with Crippen LogP contribution in [0.3, 0.4) is 0 Å². The zero-order valence-corrected chi connectivity index (χ0v) is 4.98. The van der Waals surface area contributed by atoms with Crippen LogP contribution in [-0.2, 0) is 0 Å². The maximum Gasteiger partial charge on any atom is 0.250 e. The average Bonchev–Trinajstić information content (AvgIpc) is 1.78. The summed E-state index contributed by atoms with van der Waals surface area (Å²) in [6.45, 7) is 0.181. The summed E-state index contributed by atoms with van der Waals surface area (Å²) in [5, 5.41) is 9.57. The van der Waals surface area contributed by atoms with Crippen LogP contribution in [0.1, 0.15) is 12.8 Å². The van der Waals surface area contributed by atoms with Crippen LogP contribution in [0.5, 0.6) is 0 Å². The number of hydrogen-bond acceptors (Lipinski definition) is 2. The Morgan fingerprint density at radius 1 is 1.22 bits per heavy atom. The van der Waals surface area contributed by atoms with E-state index in [1.807, 2.05) is 0 Å². The van der Waals surface area contributed by atoms with Gasteiger partial charge in [0.05, 0.1) is 0 Å². The fourth-order valence-electron chi connectivity index (χ4n) is 0.822. The largest absolute Gasteiger partial charge is 0.314 e. The van der Waals surface area contributed by atoms with Gasteiger partial charge in [-0.2, -0.15) is 5.06 Å². The van der Waals surface area contributed by atoms with E-state index in [-0.39, 0.29) is 25.9 Å². The van der Waals surface area contributed by atoms with E-state index in [1.54, 1.807) is 0 Å². The zero-order valence-electron chi connectivity index (χ0n) is 4.98. The molecule has 1 saturated heterocycles. The van der Waals surface area contributed by atoms with Crippen molar-refractivity contribution in [2.45, 2.75) is 18.8 Å². The summed E-state index contributed by atoms with van der Waals surface area (Å²) in [5.74, 6) is -2.54. The van der Waals surface area contributed by atoms with E-state index in [0.29, 0.717) is 0 Å². The van der Waals surface area contributed by atoms with Crippen LogP contribution in [0.15, 0.2) is 0 Å². The monoisotopic (exact) mass is 137 g/mol. The standard InChI is InChI=1S/C5H9F2NO/c6-5(7)1-3-8(9)4-2-5/h9H,1-4H2. The first-order chi connectivity index (χ1) is 4.10. The Kier molecular flexibility index (Phi) is 1.68. The lowest BCUT2D eigenvalue weighted by atomic mass is 10.1. The topological polar surface area (TPSA) is 23.5 Å². The summed E-state index contributed by atoms with van der Waals surface area (Å²) in [7, 11) is 0. The van der Waals surface area contributed by atoms with E-state index in [9.17, 15) is 8.78 Å². The lowest BCUT2D eigenvalue weighted by Gasteiger charge is -2.26. The molecule has 1 rings (SSSR count). The second-order valence-corrected chi connectivity index (χ2v) is 2.31. The van der Waals surface area contributed by atoms with E-state index in [1.165, 1.54) is 0 Å². The highest BCUT2D eigenvalue weighted by molar-refractivity contribution is 4.73. The SMILES string of the molecule is ON1CCC(F)(F)CC1. The summed E-state index contributed by atoms with van der Waals surface area (Å²) in [5.41, 5.74) is 0. The van der Waals surface area contributed by atoms with Crippen LogP contribution in [0, 0.1) is 0 Å². The third kappa shape index (κ3) is 1.87. The Morgan fingerprint density at radius 2 is 1.67 bits per heavy atom. The van der Waals surface area contributed by atoms with E-state index in [4.69, 9.17) is 5.21 Å². The van der Waals surface area contributed by atoms with Crippen molar-refractivity contribution in [1.82, 2.24) is 5.06 Å². The average molecular weight is 137 g/mol. The Bertz CT molecular complexity index is 97.1. The van der Waals surface area contributed by atoms with Crippen LogP contribution in [0.25, 0.3) is 0 Å². The van der Waals surface area contributed by atoms with Crippen molar-refractivity contribution in [3.05, 3.63) is 0 Å². The predicted octanol–water partition coefficient (Wildman–Crippen LogP) is 1.11. The van der Waals surface area contributed by atoms with E-state index < -0.39 is 5.92 Å². The van der Waals surface area contributed by atoms with Gasteiger partial charge in [0.25, 0.3) is 5.92 Å². The Morgan fingerprint density at radius 3 is 2.00 bits per heavy atom. The fourth-order valence-corrected chi connectivity index (χ4v) is 0.822. The molecule has 1 N–H and O–H groups in total. The number of halogens is 2. The summed E-state index contributed by atoms with van der Waals surface area (Å²) >= 11 is 0. The van der Waals surface area contributed by atoms with Crippen molar-refractivity contribution in [2.75, 3.05) is 13.1 Å². The minimum absolute atomic E-state index is 0.0903. The minimum Gasteiger partial charge on any atom is -0.314 e. The normalized spacial score (nSPS) is 28.3.